The predicted molar refractivity (Wildman–Crippen MR) is 102 cm³/mol. The molecule has 1 aromatic carbocycles. The molecule has 1 aliphatic rings. The average molecular weight is 372 g/mol. The molecule has 0 bridgehead atoms. The summed E-state index contributed by atoms with van der Waals surface area (Å²) < 4.78 is 4.89. The van der Waals surface area contributed by atoms with E-state index in [-0.39, 0.29) is 11.9 Å². The minimum absolute atomic E-state index is 0.136. The summed E-state index contributed by atoms with van der Waals surface area (Å²) in [5.74, 6) is 0.806. The Labute approximate surface area is 160 Å². The molecule has 3 amide bonds. The average Bonchev–Trinajstić information content (AvgIpc) is 2.71. The molecule has 1 aromatic rings. The van der Waals surface area contributed by atoms with Crippen LogP contribution in [-0.2, 0) is 4.74 Å². The molecule has 1 aliphatic carbocycles. The van der Waals surface area contributed by atoms with Crippen LogP contribution in [0, 0.1) is 23.2 Å². The lowest BCUT2D eigenvalue weighted by atomic mass is 9.82. The summed E-state index contributed by atoms with van der Waals surface area (Å²) in [5, 5.41) is 17.5. The number of hydrogen-bond acceptors (Lipinski definition) is 4. The Balaban J connectivity index is 1.63. The normalized spacial score (nSPS) is 19.0. The van der Waals surface area contributed by atoms with Crippen molar-refractivity contribution >= 4 is 11.9 Å². The van der Waals surface area contributed by atoms with Crippen LogP contribution in [0.25, 0.3) is 0 Å². The Morgan fingerprint density at radius 2 is 1.78 bits per heavy atom. The largest absolute Gasteiger partial charge is 0.383 e. The molecule has 0 spiro atoms. The molecule has 0 unspecified atom stereocenters. The Morgan fingerprint density at radius 1 is 1.11 bits per heavy atom. The molecule has 3 N–H and O–H groups in total. The molecule has 0 atom stereocenters. The van der Waals surface area contributed by atoms with Crippen molar-refractivity contribution in [1.82, 2.24) is 16.0 Å². The van der Waals surface area contributed by atoms with Crippen molar-refractivity contribution in [2.75, 3.05) is 33.4 Å². The van der Waals surface area contributed by atoms with E-state index >= 15 is 0 Å². The quantitative estimate of drug-likeness (QED) is 0.608. The summed E-state index contributed by atoms with van der Waals surface area (Å²) in [6.45, 7) is 2.34. The maximum absolute atomic E-state index is 12.2. The molecular formula is C20H28N4O3. The molecule has 0 heterocycles. The van der Waals surface area contributed by atoms with Crippen LogP contribution in [0.2, 0.25) is 0 Å². The van der Waals surface area contributed by atoms with E-state index in [1.165, 1.54) is 0 Å². The maximum Gasteiger partial charge on any atom is 0.314 e. The van der Waals surface area contributed by atoms with E-state index < -0.39 is 0 Å². The first-order valence-electron chi connectivity index (χ1n) is 9.41. The first kappa shape index (κ1) is 20.7. The highest BCUT2D eigenvalue weighted by Crippen LogP contribution is 2.28. The zero-order valence-electron chi connectivity index (χ0n) is 15.8. The first-order chi connectivity index (χ1) is 13.1. The van der Waals surface area contributed by atoms with Gasteiger partial charge in [-0.25, -0.2) is 4.79 Å². The van der Waals surface area contributed by atoms with Crippen molar-refractivity contribution in [3.8, 4) is 6.07 Å². The fraction of sp³-hybridized carbons (Fsp3) is 0.550. The van der Waals surface area contributed by atoms with Crippen LogP contribution in [0.3, 0.4) is 0 Å². The number of carbonyl (C=O) groups excluding carboxylic acids is 2. The van der Waals surface area contributed by atoms with Gasteiger partial charge >= 0.3 is 6.03 Å². The Bertz CT molecular complexity index is 663. The lowest BCUT2D eigenvalue weighted by molar-refractivity contribution is 0.0941. The summed E-state index contributed by atoms with van der Waals surface area (Å²) >= 11 is 0. The van der Waals surface area contributed by atoms with Crippen LogP contribution in [-0.4, -0.2) is 45.3 Å². The molecule has 27 heavy (non-hydrogen) atoms. The summed E-state index contributed by atoms with van der Waals surface area (Å²) in [4.78, 5) is 23.9. The van der Waals surface area contributed by atoms with Crippen molar-refractivity contribution < 1.29 is 14.3 Å². The Kier molecular flexibility index (Phi) is 8.59. The van der Waals surface area contributed by atoms with Crippen LogP contribution in [0.15, 0.2) is 24.3 Å². The van der Waals surface area contributed by atoms with E-state index in [2.05, 4.69) is 16.0 Å². The number of nitrogens with one attached hydrogen (secondary N) is 3. The molecule has 7 heteroatoms. The van der Waals surface area contributed by atoms with Gasteiger partial charge in [0.05, 0.1) is 18.2 Å². The molecule has 7 nitrogen and oxygen atoms in total. The lowest BCUT2D eigenvalue weighted by Gasteiger charge is -2.28. The number of amides is 3. The summed E-state index contributed by atoms with van der Waals surface area (Å²) in [5.41, 5.74) is 1.01. The number of hydrogen-bond donors (Lipinski definition) is 3. The van der Waals surface area contributed by atoms with Crippen molar-refractivity contribution in [2.24, 2.45) is 11.8 Å². The highest BCUT2D eigenvalue weighted by Gasteiger charge is 2.22. The third-order valence-corrected chi connectivity index (χ3v) is 4.91. The zero-order chi connectivity index (χ0) is 19.5. The van der Waals surface area contributed by atoms with Crippen molar-refractivity contribution in [2.45, 2.75) is 25.7 Å². The number of benzene rings is 1. The van der Waals surface area contributed by atoms with Crippen LogP contribution in [0.1, 0.15) is 41.6 Å². The predicted octanol–water partition coefficient (Wildman–Crippen LogP) is 2.04. The second-order valence-electron chi connectivity index (χ2n) is 6.92. The van der Waals surface area contributed by atoms with Gasteiger partial charge in [0.1, 0.15) is 0 Å². The van der Waals surface area contributed by atoms with Gasteiger partial charge in [0.2, 0.25) is 0 Å². The summed E-state index contributed by atoms with van der Waals surface area (Å²) in [7, 11) is 1.60. The molecule has 0 aliphatic heterocycles. The topological polar surface area (TPSA) is 103 Å². The highest BCUT2D eigenvalue weighted by molar-refractivity contribution is 5.94. The van der Waals surface area contributed by atoms with Gasteiger partial charge < -0.3 is 20.7 Å². The van der Waals surface area contributed by atoms with Crippen molar-refractivity contribution in [3.63, 3.8) is 0 Å². The fourth-order valence-corrected chi connectivity index (χ4v) is 3.27. The van der Waals surface area contributed by atoms with Gasteiger partial charge in [-0.3, -0.25) is 4.79 Å². The Hall–Kier alpha value is -2.59. The van der Waals surface area contributed by atoms with Gasteiger partial charge in [-0.2, -0.15) is 5.26 Å². The molecule has 0 saturated heterocycles. The van der Waals surface area contributed by atoms with E-state index in [0.29, 0.717) is 49.2 Å². The lowest BCUT2D eigenvalue weighted by Crippen LogP contribution is -2.40. The Morgan fingerprint density at radius 3 is 2.41 bits per heavy atom. The minimum atomic E-state index is -0.152. The second-order valence-corrected chi connectivity index (χ2v) is 6.92. The molecule has 2 rings (SSSR count). The molecule has 0 radical (unpaired) electrons. The van der Waals surface area contributed by atoms with E-state index in [1.54, 1.807) is 31.4 Å². The van der Waals surface area contributed by atoms with Gasteiger partial charge in [-0.15, -0.1) is 0 Å². The summed E-state index contributed by atoms with van der Waals surface area (Å²) in [6, 6.07) is 8.62. The highest BCUT2D eigenvalue weighted by atomic mass is 16.5. The van der Waals surface area contributed by atoms with E-state index in [1.807, 2.05) is 6.07 Å². The second kappa shape index (κ2) is 11.2. The molecule has 0 aromatic heterocycles. The SMILES string of the molecule is COCCNC(=O)NCC1CCC(CNC(=O)c2cccc(C#N)c2)CC1. The number of urea groups is 1. The van der Waals surface area contributed by atoms with E-state index in [9.17, 15) is 9.59 Å². The van der Waals surface area contributed by atoms with Crippen molar-refractivity contribution in [3.05, 3.63) is 35.4 Å². The van der Waals surface area contributed by atoms with Crippen LogP contribution < -0.4 is 16.0 Å². The number of carbonyl (C=O) groups is 2. The van der Waals surface area contributed by atoms with E-state index in [4.69, 9.17) is 10.00 Å². The zero-order valence-corrected chi connectivity index (χ0v) is 15.8. The number of nitriles is 1. The van der Waals surface area contributed by atoms with E-state index in [0.717, 1.165) is 25.7 Å². The van der Waals surface area contributed by atoms with Gasteiger partial charge in [0.25, 0.3) is 5.91 Å². The number of methoxy groups -OCH3 is 1. The third-order valence-electron chi connectivity index (χ3n) is 4.91. The third kappa shape index (κ3) is 7.27. The van der Waals surface area contributed by atoms with Crippen LogP contribution >= 0.6 is 0 Å². The van der Waals surface area contributed by atoms with Gasteiger partial charge in [0, 0.05) is 32.3 Å². The summed E-state index contributed by atoms with van der Waals surface area (Å²) in [6.07, 6.45) is 4.16. The first-order valence-corrected chi connectivity index (χ1v) is 9.41. The number of ether oxygens (including phenoxy) is 1. The minimum Gasteiger partial charge on any atom is -0.383 e. The fourth-order valence-electron chi connectivity index (χ4n) is 3.27. The molecule has 146 valence electrons. The smallest absolute Gasteiger partial charge is 0.314 e. The number of nitrogens with zero attached hydrogens (tertiary/aromatic N) is 1. The van der Waals surface area contributed by atoms with Crippen LogP contribution in [0.4, 0.5) is 4.79 Å². The monoisotopic (exact) mass is 372 g/mol. The molecule has 1 saturated carbocycles. The van der Waals surface area contributed by atoms with Crippen molar-refractivity contribution in [1.29, 1.82) is 5.26 Å². The molecular weight excluding hydrogens is 344 g/mol. The van der Waals surface area contributed by atoms with Crippen LogP contribution in [0.5, 0.6) is 0 Å². The van der Waals surface area contributed by atoms with Gasteiger partial charge in [0.15, 0.2) is 0 Å². The maximum atomic E-state index is 12.2. The van der Waals surface area contributed by atoms with Gasteiger partial charge in [-0.05, 0) is 55.7 Å². The standard InChI is InChI=1S/C20H28N4O3/c1-27-10-9-22-20(26)24-14-16-7-5-15(6-8-16)13-23-19(25)18-4-2-3-17(11-18)12-21/h2-4,11,15-16H,5-10,13-14H2,1H3,(H,23,25)(H2,22,24,26). The molecule has 1 fully saturated rings. The van der Waals surface area contributed by atoms with Gasteiger partial charge in [-0.1, -0.05) is 6.07 Å². The number of rotatable bonds is 8.